The Morgan fingerprint density at radius 1 is 0.625 bits per heavy atom. The maximum Gasteiger partial charge on any atom is 0.0501 e. The first-order chi connectivity index (χ1) is 11.8. The summed E-state index contributed by atoms with van der Waals surface area (Å²) < 4.78 is 0. The minimum Gasteiger partial charge on any atom is -0.121 e. The molecule has 0 aromatic heterocycles. The van der Waals surface area contributed by atoms with Crippen molar-refractivity contribution in [2.45, 2.75) is 28.4 Å². The Bertz CT molecular complexity index is 671. The van der Waals surface area contributed by atoms with Crippen molar-refractivity contribution in [2.75, 3.05) is 0 Å². The summed E-state index contributed by atoms with van der Waals surface area (Å²) in [5, 5.41) is 0.412. The van der Waals surface area contributed by atoms with Crippen molar-refractivity contribution in [3.8, 4) is 0 Å². The van der Waals surface area contributed by atoms with E-state index in [9.17, 15) is 0 Å². The molecule has 122 valence electrons. The van der Waals surface area contributed by atoms with E-state index in [-0.39, 0.29) is 5.38 Å². The number of hydrogen-bond donors (Lipinski definition) is 0. The Morgan fingerprint density at radius 2 is 1.08 bits per heavy atom. The molecule has 3 rings (SSSR count). The molecule has 0 N–H and O–H groups in total. The third-order valence-electron chi connectivity index (χ3n) is 3.99. The van der Waals surface area contributed by atoms with Crippen molar-refractivity contribution in [1.29, 1.82) is 0 Å². The van der Waals surface area contributed by atoms with Crippen LogP contribution in [0.1, 0.15) is 11.1 Å². The van der Waals surface area contributed by atoms with E-state index in [1.807, 2.05) is 17.8 Å². The van der Waals surface area contributed by atoms with Crippen LogP contribution in [0.5, 0.6) is 0 Å². The van der Waals surface area contributed by atoms with Crippen LogP contribution in [0.15, 0.2) is 95.9 Å². The van der Waals surface area contributed by atoms with Gasteiger partial charge in [0, 0.05) is 10.1 Å². The van der Waals surface area contributed by atoms with Crippen LogP contribution in [0.2, 0.25) is 0 Å². The number of hydrogen-bond acceptors (Lipinski definition) is 1. The van der Waals surface area contributed by atoms with Crippen molar-refractivity contribution in [3.05, 3.63) is 102 Å². The maximum atomic E-state index is 6.86. The van der Waals surface area contributed by atoms with E-state index in [1.54, 1.807) is 0 Å². The van der Waals surface area contributed by atoms with Crippen molar-refractivity contribution in [3.63, 3.8) is 0 Å². The molecule has 24 heavy (non-hydrogen) atoms. The van der Waals surface area contributed by atoms with Gasteiger partial charge in [0.1, 0.15) is 0 Å². The standard InChI is InChI=1S/C22H21ClS/c23-21(16-18-10-4-1-5-11-18)22(17-19-12-6-2-7-13-19)24-20-14-8-3-9-15-20/h1-15,21-22H,16-17H2/t21-,22+/m1/s1. The van der Waals surface area contributed by atoms with Crippen LogP contribution >= 0.6 is 23.4 Å². The van der Waals surface area contributed by atoms with E-state index in [0.29, 0.717) is 5.25 Å². The average molecular weight is 353 g/mol. The van der Waals surface area contributed by atoms with Gasteiger partial charge in [-0.25, -0.2) is 0 Å². The second-order valence-corrected chi connectivity index (χ2v) is 7.74. The molecule has 0 nitrogen and oxygen atoms in total. The molecule has 2 atom stereocenters. The summed E-state index contributed by atoms with van der Waals surface area (Å²) in [6.45, 7) is 0. The molecule has 0 radical (unpaired) electrons. The molecule has 3 aromatic rings. The summed E-state index contributed by atoms with van der Waals surface area (Å²) >= 11 is 8.74. The highest BCUT2D eigenvalue weighted by atomic mass is 35.5. The second-order valence-electron chi connectivity index (χ2n) is 5.86. The van der Waals surface area contributed by atoms with Gasteiger partial charge in [-0.1, -0.05) is 78.9 Å². The van der Waals surface area contributed by atoms with Gasteiger partial charge in [-0.15, -0.1) is 23.4 Å². The van der Waals surface area contributed by atoms with Gasteiger partial charge in [-0.2, -0.15) is 0 Å². The highest BCUT2D eigenvalue weighted by Crippen LogP contribution is 2.31. The fourth-order valence-corrected chi connectivity index (χ4v) is 4.34. The fraction of sp³-hybridized carbons (Fsp3) is 0.182. The van der Waals surface area contributed by atoms with Crippen LogP contribution in [0.25, 0.3) is 0 Å². The zero-order valence-corrected chi connectivity index (χ0v) is 15.1. The third-order valence-corrected chi connectivity index (χ3v) is 5.94. The van der Waals surface area contributed by atoms with Gasteiger partial charge in [0.25, 0.3) is 0 Å². The van der Waals surface area contributed by atoms with E-state index in [4.69, 9.17) is 11.6 Å². The number of benzene rings is 3. The normalized spacial score (nSPS) is 13.4. The Hall–Kier alpha value is -1.70. The molecule has 0 saturated carbocycles. The molecule has 0 aliphatic carbocycles. The van der Waals surface area contributed by atoms with Crippen LogP contribution in [-0.2, 0) is 12.8 Å². The van der Waals surface area contributed by atoms with Crippen LogP contribution in [-0.4, -0.2) is 10.6 Å². The highest BCUT2D eigenvalue weighted by molar-refractivity contribution is 8.00. The lowest BCUT2D eigenvalue weighted by atomic mass is 10.0. The summed E-state index contributed by atoms with van der Waals surface area (Å²) in [5.41, 5.74) is 2.63. The summed E-state index contributed by atoms with van der Waals surface area (Å²) in [6.07, 6.45) is 1.86. The average Bonchev–Trinajstić information content (AvgIpc) is 2.64. The Morgan fingerprint density at radius 3 is 1.62 bits per heavy atom. The summed E-state index contributed by atoms with van der Waals surface area (Å²) in [6, 6.07) is 31.7. The quantitative estimate of drug-likeness (QED) is 0.358. The third kappa shape index (κ3) is 5.15. The minimum absolute atomic E-state index is 0.0813. The molecular weight excluding hydrogens is 332 g/mol. The van der Waals surface area contributed by atoms with E-state index < -0.39 is 0 Å². The Kier molecular flexibility index (Phi) is 6.40. The van der Waals surface area contributed by atoms with Crippen molar-refractivity contribution < 1.29 is 0 Å². The van der Waals surface area contributed by atoms with E-state index in [1.165, 1.54) is 16.0 Å². The predicted molar refractivity (Wildman–Crippen MR) is 106 cm³/mol. The molecule has 0 bridgehead atoms. The van der Waals surface area contributed by atoms with Gasteiger partial charge >= 0.3 is 0 Å². The number of rotatable bonds is 7. The number of thioether (sulfide) groups is 1. The molecule has 2 heteroatoms. The highest BCUT2D eigenvalue weighted by Gasteiger charge is 2.21. The molecule has 3 aromatic carbocycles. The lowest BCUT2D eigenvalue weighted by Crippen LogP contribution is -2.22. The van der Waals surface area contributed by atoms with Gasteiger partial charge in [0.2, 0.25) is 0 Å². The molecule has 0 spiro atoms. The van der Waals surface area contributed by atoms with Crippen LogP contribution in [0, 0.1) is 0 Å². The van der Waals surface area contributed by atoms with E-state index in [0.717, 1.165) is 12.8 Å². The lowest BCUT2D eigenvalue weighted by molar-refractivity contribution is 0.761. The Balaban J connectivity index is 1.75. The van der Waals surface area contributed by atoms with Gasteiger partial charge in [-0.05, 0) is 36.1 Å². The minimum atomic E-state index is 0.0813. The summed E-state index contributed by atoms with van der Waals surface area (Å²) in [5.74, 6) is 0. The monoisotopic (exact) mass is 352 g/mol. The molecule has 0 aliphatic rings. The van der Waals surface area contributed by atoms with Gasteiger partial charge in [0.15, 0.2) is 0 Å². The molecule has 0 amide bonds. The zero-order chi connectivity index (χ0) is 16.6. The first kappa shape index (κ1) is 17.1. The largest absolute Gasteiger partial charge is 0.121 e. The first-order valence-electron chi connectivity index (χ1n) is 8.25. The second kappa shape index (κ2) is 8.96. The van der Waals surface area contributed by atoms with Crippen molar-refractivity contribution in [1.82, 2.24) is 0 Å². The van der Waals surface area contributed by atoms with Gasteiger partial charge in [-0.3, -0.25) is 0 Å². The molecule has 0 aliphatic heterocycles. The zero-order valence-electron chi connectivity index (χ0n) is 13.5. The van der Waals surface area contributed by atoms with Crippen LogP contribution in [0.3, 0.4) is 0 Å². The smallest absolute Gasteiger partial charge is 0.0501 e. The maximum absolute atomic E-state index is 6.86. The molecule has 0 unspecified atom stereocenters. The molecule has 0 saturated heterocycles. The number of halogens is 1. The van der Waals surface area contributed by atoms with Crippen LogP contribution < -0.4 is 0 Å². The molecular formula is C22H21ClS. The SMILES string of the molecule is Cl[C@H](Cc1ccccc1)[C@H](Cc1ccccc1)Sc1ccccc1. The predicted octanol–water partition coefficient (Wildman–Crippen LogP) is 6.24. The Labute approximate surface area is 153 Å². The lowest BCUT2D eigenvalue weighted by Gasteiger charge is -2.22. The van der Waals surface area contributed by atoms with E-state index >= 15 is 0 Å². The summed E-state index contributed by atoms with van der Waals surface area (Å²) in [4.78, 5) is 1.28. The van der Waals surface area contributed by atoms with Crippen molar-refractivity contribution >= 4 is 23.4 Å². The fourth-order valence-electron chi connectivity index (χ4n) is 2.73. The van der Waals surface area contributed by atoms with Crippen LogP contribution in [0.4, 0.5) is 0 Å². The summed E-state index contributed by atoms with van der Waals surface area (Å²) in [7, 11) is 0. The van der Waals surface area contributed by atoms with E-state index in [2.05, 4.69) is 84.9 Å². The molecule has 0 fully saturated rings. The molecule has 0 heterocycles. The van der Waals surface area contributed by atoms with Crippen molar-refractivity contribution in [2.24, 2.45) is 0 Å². The number of alkyl halides is 1. The topological polar surface area (TPSA) is 0 Å². The first-order valence-corrected chi connectivity index (χ1v) is 9.56. The van der Waals surface area contributed by atoms with Gasteiger partial charge in [0.05, 0.1) is 5.38 Å². The van der Waals surface area contributed by atoms with Gasteiger partial charge < -0.3 is 0 Å².